The van der Waals surface area contributed by atoms with Crippen LogP contribution in [0, 0.1) is 5.92 Å². The predicted octanol–water partition coefficient (Wildman–Crippen LogP) is 2.00. The Kier molecular flexibility index (Phi) is 5.42. The molecule has 130 valence electrons. The lowest BCUT2D eigenvalue weighted by atomic mass is 9.91. The van der Waals surface area contributed by atoms with Gasteiger partial charge in [0, 0.05) is 11.5 Å². The number of nitrogens with zero attached hydrogens (tertiary/aromatic N) is 1. The molecule has 3 rings (SSSR count). The molecule has 3 atom stereocenters. The molecule has 1 amide bonds. The Morgan fingerprint density at radius 1 is 1.12 bits per heavy atom. The number of hydrogen-bond acceptors (Lipinski definition) is 5. The van der Waals surface area contributed by atoms with E-state index in [1.165, 1.54) is 0 Å². The van der Waals surface area contributed by atoms with Gasteiger partial charge in [-0.1, -0.05) is 49.4 Å². The summed E-state index contributed by atoms with van der Waals surface area (Å²) in [6.07, 6.45) is 1.58. The van der Waals surface area contributed by atoms with Crippen LogP contribution < -0.4 is 21.0 Å². The number of hydrazine groups is 1. The van der Waals surface area contributed by atoms with Gasteiger partial charge in [-0.15, -0.1) is 0 Å². The van der Waals surface area contributed by atoms with Crippen molar-refractivity contribution in [1.29, 1.82) is 0 Å². The monoisotopic (exact) mass is 338 g/mol. The van der Waals surface area contributed by atoms with E-state index in [1.54, 1.807) is 13.3 Å². The van der Waals surface area contributed by atoms with Crippen LogP contribution in [0.5, 0.6) is 5.75 Å². The quantitative estimate of drug-likeness (QED) is 0.576. The second-order valence-electron chi connectivity index (χ2n) is 5.99. The number of nitrogens with one attached hydrogen (secondary N) is 3. The Balaban J connectivity index is 1.61. The summed E-state index contributed by atoms with van der Waals surface area (Å²) in [5.74, 6) is 0.618. The molecule has 1 aliphatic rings. The lowest BCUT2D eigenvalue weighted by Crippen LogP contribution is -2.43. The van der Waals surface area contributed by atoms with Crippen LogP contribution >= 0.6 is 0 Å². The summed E-state index contributed by atoms with van der Waals surface area (Å²) < 4.78 is 5.26. The lowest BCUT2D eigenvalue weighted by molar-refractivity contribution is -0.123. The van der Waals surface area contributed by atoms with Gasteiger partial charge in [-0.25, -0.2) is 16.3 Å². The zero-order chi connectivity index (χ0) is 17.6. The van der Waals surface area contributed by atoms with Gasteiger partial charge in [-0.05, 0) is 17.7 Å². The number of hydrogen-bond donors (Lipinski definition) is 3. The zero-order valence-electron chi connectivity index (χ0n) is 14.3. The van der Waals surface area contributed by atoms with Crippen molar-refractivity contribution >= 4 is 12.1 Å². The average molecular weight is 338 g/mol. The van der Waals surface area contributed by atoms with Crippen LogP contribution in [0.3, 0.4) is 0 Å². The highest BCUT2D eigenvalue weighted by molar-refractivity contribution is 5.87. The first-order valence-electron chi connectivity index (χ1n) is 8.22. The van der Waals surface area contributed by atoms with Crippen molar-refractivity contribution < 1.29 is 9.53 Å². The van der Waals surface area contributed by atoms with E-state index in [4.69, 9.17) is 4.74 Å². The molecule has 0 radical (unpaired) electrons. The first-order chi connectivity index (χ1) is 12.2. The molecule has 0 aliphatic carbocycles. The van der Waals surface area contributed by atoms with Crippen molar-refractivity contribution in [2.45, 2.75) is 19.0 Å². The van der Waals surface area contributed by atoms with Gasteiger partial charge < -0.3 is 4.74 Å². The summed E-state index contributed by atoms with van der Waals surface area (Å²) in [5, 5.41) is 4.05. The van der Waals surface area contributed by atoms with Gasteiger partial charge in [0.1, 0.15) is 11.8 Å². The molecule has 2 aromatic rings. The minimum Gasteiger partial charge on any atom is -0.496 e. The number of rotatable bonds is 5. The Morgan fingerprint density at radius 3 is 2.60 bits per heavy atom. The molecular weight excluding hydrogens is 316 g/mol. The van der Waals surface area contributed by atoms with Crippen molar-refractivity contribution in [2.75, 3.05) is 7.11 Å². The molecule has 1 fully saturated rings. The molecule has 0 bridgehead atoms. The largest absolute Gasteiger partial charge is 0.496 e. The molecule has 3 N–H and O–H groups in total. The Labute approximate surface area is 147 Å². The van der Waals surface area contributed by atoms with Crippen LogP contribution in [-0.2, 0) is 4.79 Å². The highest BCUT2D eigenvalue weighted by Crippen LogP contribution is 2.28. The smallest absolute Gasteiger partial charge is 0.258 e. The van der Waals surface area contributed by atoms with Crippen molar-refractivity contribution in [3.63, 3.8) is 0 Å². The van der Waals surface area contributed by atoms with Crippen molar-refractivity contribution in [2.24, 2.45) is 11.0 Å². The maximum Gasteiger partial charge on any atom is 0.258 e. The normalized spacial score (nSPS) is 22.9. The Morgan fingerprint density at radius 2 is 1.84 bits per heavy atom. The number of ether oxygens (including phenoxy) is 1. The van der Waals surface area contributed by atoms with Crippen molar-refractivity contribution in [3.05, 3.63) is 65.7 Å². The first-order valence-corrected chi connectivity index (χ1v) is 8.22. The van der Waals surface area contributed by atoms with E-state index < -0.39 is 0 Å². The SMILES string of the molecule is COc1ccccc1/C=N/NC(=O)C1NNC(c2ccccc2)C1C. The number of carbonyl (C=O) groups excluding carboxylic acids is 1. The predicted molar refractivity (Wildman–Crippen MR) is 97.1 cm³/mol. The Bertz CT molecular complexity index is 748. The molecule has 1 saturated heterocycles. The summed E-state index contributed by atoms with van der Waals surface area (Å²) in [6.45, 7) is 2.04. The van der Waals surface area contributed by atoms with Gasteiger partial charge in [0.2, 0.25) is 0 Å². The third kappa shape index (κ3) is 3.87. The van der Waals surface area contributed by atoms with Crippen LogP contribution in [0.2, 0.25) is 0 Å². The van der Waals surface area contributed by atoms with E-state index in [-0.39, 0.29) is 23.9 Å². The number of hydrazone groups is 1. The van der Waals surface area contributed by atoms with E-state index in [0.717, 1.165) is 11.1 Å². The minimum absolute atomic E-state index is 0.0788. The number of benzene rings is 2. The van der Waals surface area contributed by atoms with E-state index in [0.29, 0.717) is 5.75 Å². The Hall–Kier alpha value is -2.70. The molecule has 6 heteroatoms. The molecule has 0 aromatic heterocycles. The number of amides is 1. The van der Waals surface area contributed by atoms with Crippen LogP contribution in [0.25, 0.3) is 0 Å². The summed E-state index contributed by atoms with van der Waals surface area (Å²) in [5.41, 5.74) is 10.8. The molecule has 25 heavy (non-hydrogen) atoms. The van der Waals surface area contributed by atoms with Crippen LogP contribution in [-0.4, -0.2) is 25.3 Å². The second-order valence-corrected chi connectivity index (χ2v) is 5.99. The first kappa shape index (κ1) is 17.1. The molecule has 1 aliphatic heterocycles. The fourth-order valence-electron chi connectivity index (χ4n) is 2.99. The van der Waals surface area contributed by atoms with Crippen molar-refractivity contribution in [3.8, 4) is 5.75 Å². The second kappa shape index (κ2) is 7.92. The third-order valence-electron chi connectivity index (χ3n) is 4.40. The highest BCUT2D eigenvalue weighted by atomic mass is 16.5. The lowest BCUT2D eigenvalue weighted by Gasteiger charge is -2.17. The van der Waals surface area contributed by atoms with Crippen LogP contribution in [0.1, 0.15) is 24.1 Å². The van der Waals surface area contributed by atoms with Crippen molar-refractivity contribution in [1.82, 2.24) is 16.3 Å². The number of para-hydroxylation sites is 1. The van der Waals surface area contributed by atoms with E-state index >= 15 is 0 Å². The summed E-state index contributed by atoms with van der Waals surface area (Å²) in [6, 6.07) is 17.3. The molecule has 2 aromatic carbocycles. The van der Waals surface area contributed by atoms with Gasteiger partial charge in [0.25, 0.3) is 5.91 Å². The van der Waals surface area contributed by atoms with Gasteiger partial charge in [-0.2, -0.15) is 5.10 Å². The van der Waals surface area contributed by atoms with Crippen LogP contribution in [0.4, 0.5) is 0 Å². The highest BCUT2D eigenvalue weighted by Gasteiger charge is 2.37. The molecular formula is C19H22N4O2. The average Bonchev–Trinajstić information content (AvgIpc) is 3.04. The zero-order valence-corrected chi connectivity index (χ0v) is 14.3. The third-order valence-corrected chi connectivity index (χ3v) is 4.40. The van der Waals surface area contributed by atoms with Gasteiger partial charge >= 0.3 is 0 Å². The van der Waals surface area contributed by atoms with Crippen LogP contribution in [0.15, 0.2) is 59.7 Å². The molecule has 1 heterocycles. The number of methoxy groups -OCH3 is 1. The van der Waals surface area contributed by atoms with E-state index in [1.807, 2.05) is 49.4 Å². The fraction of sp³-hybridized carbons (Fsp3) is 0.263. The maximum atomic E-state index is 12.4. The van der Waals surface area contributed by atoms with E-state index in [2.05, 4.69) is 33.5 Å². The topological polar surface area (TPSA) is 74.8 Å². The van der Waals surface area contributed by atoms with Gasteiger partial charge in [0.05, 0.1) is 19.4 Å². The number of carbonyl (C=O) groups is 1. The molecule has 6 nitrogen and oxygen atoms in total. The van der Waals surface area contributed by atoms with E-state index in [9.17, 15) is 4.79 Å². The molecule has 0 spiro atoms. The summed E-state index contributed by atoms with van der Waals surface area (Å²) in [4.78, 5) is 12.4. The standard InChI is InChI=1S/C19H22N4O2/c1-13-17(14-8-4-3-5-9-14)21-22-18(13)19(24)23-20-12-15-10-6-7-11-16(15)25-2/h3-13,17-18,21-22H,1-2H3,(H,23,24)/b20-12+. The minimum atomic E-state index is -0.361. The molecule has 3 unspecified atom stereocenters. The maximum absolute atomic E-state index is 12.4. The van der Waals surface area contributed by atoms with Gasteiger partial charge in [-0.3, -0.25) is 4.79 Å². The summed E-state index contributed by atoms with van der Waals surface area (Å²) in [7, 11) is 1.60. The van der Waals surface area contributed by atoms with Gasteiger partial charge in [0.15, 0.2) is 0 Å². The fourth-order valence-corrected chi connectivity index (χ4v) is 2.99. The molecule has 0 saturated carbocycles. The summed E-state index contributed by atoms with van der Waals surface area (Å²) >= 11 is 0.